The number of fused-ring (bicyclic) bond motifs is 1. The molecule has 1 N–H and O–H groups in total. The van der Waals surface area contributed by atoms with Gasteiger partial charge in [-0.3, -0.25) is 0 Å². The van der Waals surface area contributed by atoms with Crippen molar-refractivity contribution in [3.05, 3.63) is 21.7 Å². The second-order valence-corrected chi connectivity index (χ2v) is 7.36. The van der Waals surface area contributed by atoms with Gasteiger partial charge in [0.15, 0.2) is 0 Å². The Bertz CT molecular complexity index is 685. The van der Waals surface area contributed by atoms with Crippen molar-refractivity contribution in [3.63, 3.8) is 0 Å². The first kappa shape index (κ1) is 16.2. The van der Waals surface area contributed by atoms with Gasteiger partial charge in [-0.05, 0) is 31.9 Å². The average Bonchev–Trinajstić information content (AvgIpc) is 2.97. The fourth-order valence-electron chi connectivity index (χ4n) is 3.48. The van der Waals surface area contributed by atoms with Crippen molar-refractivity contribution < 1.29 is 4.92 Å². The van der Waals surface area contributed by atoms with Crippen LogP contribution in [-0.2, 0) is 0 Å². The number of thiazole rings is 1. The summed E-state index contributed by atoms with van der Waals surface area (Å²) in [7, 11) is 4.21. The number of likely N-dealkylation sites (N-methyl/N-ethyl adjacent to an activating group) is 1. The molecule has 1 aliphatic carbocycles. The zero-order chi connectivity index (χ0) is 16.4. The van der Waals surface area contributed by atoms with Crippen molar-refractivity contribution in [2.75, 3.05) is 26.0 Å². The zero-order valence-corrected chi connectivity index (χ0v) is 14.4. The van der Waals surface area contributed by atoms with Gasteiger partial charge in [-0.25, -0.2) is 0 Å². The molecule has 0 aromatic carbocycles. The van der Waals surface area contributed by atoms with Crippen LogP contribution >= 0.6 is 11.3 Å². The van der Waals surface area contributed by atoms with E-state index < -0.39 is 0 Å². The van der Waals surface area contributed by atoms with Crippen LogP contribution in [-0.4, -0.2) is 45.4 Å². The van der Waals surface area contributed by atoms with E-state index in [-0.39, 0.29) is 16.3 Å². The Morgan fingerprint density at radius 3 is 2.70 bits per heavy atom. The van der Waals surface area contributed by atoms with Gasteiger partial charge >= 0.3 is 5.82 Å². The van der Waals surface area contributed by atoms with E-state index in [1.165, 1.54) is 37.0 Å². The number of nitro groups is 1. The Morgan fingerprint density at radius 2 is 2.09 bits per heavy atom. The summed E-state index contributed by atoms with van der Waals surface area (Å²) in [5, 5.41) is 16.5. The lowest BCUT2D eigenvalue weighted by Gasteiger charge is -2.39. The first-order valence-electron chi connectivity index (χ1n) is 8.05. The molecule has 1 aliphatic rings. The van der Waals surface area contributed by atoms with Crippen LogP contribution in [0.2, 0.25) is 0 Å². The molecule has 0 radical (unpaired) electrons. The quantitative estimate of drug-likeness (QED) is 0.514. The Balaban J connectivity index is 1.84. The van der Waals surface area contributed by atoms with Crippen molar-refractivity contribution in [1.82, 2.24) is 14.3 Å². The molecule has 2 aromatic rings. The van der Waals surface area contributed by atoms with Crippen LogP contribution in [0.1, 0.15) is 38.5 Å². The monoisotopic (exact) mass is 337 g/mol. The number of aromatic nitrogens is 2. The first-order valence-corrected chi connectivity index (χ1v) is 8.93. The molecule has 3 rings (SSSR count). The SMILES string of the molecule is CN(C)C1(CNc2nc3sccn3c2[N+](=O)[O-])CCCCCC1. The highest BCUT2D eigenvalue weighted by molar-refractivity contribution is 7.15. The van der Waals surface area contributed by atoms with E-state index in [9.17, 15) is 10.1 Å². The van der Waals surface area contributed by atoms with Crippen molar-refractivity contribution in [3.8, 4) is 0 Å². The lowest BCUT2D eigenvalue weighted by Crippen LogP contribution is -2.49. The Hall–Kier alpha value is -1.67. The fourth-order valence-corrected chi connectivity index (χ4v) is 4.19. The van der Waals surface area contributed by atoms with Gasteiger partial charge in [-0.2, -0.15) is 9.38 Å². The third-order valence-electron chi connectivity index (χ3n) is 4.98. The predicted octanol–water partition coefficient (Wildman–Crippen LogP) is 3.37. The Labute approximate surface area is 139 Å². The number of anilines is 1. The number of nitrogens with zero attached hydrogens (tertiary/aromatic N) is 4. The largest absolute Gasteiger partial charge is 0.372 e. The minimum absolute atomic E-state index is 0.0313. The average molecular weight is 337 g/mol. The van der Waals surface area contributed by atoms with Crippen molar-refractivity contribution in [2.45, 2.75) is 44.1 Å². The molecule has 0 saturated heterocycles. The number of rotatable bonds is 5. The standard InChI is InChI=1S/C15H23N5O2S/c1-18(2)15(7-5-3-4-6-8-15)11-16-12-13(20(21)22)19-9-10-23-14(19)17-12/h9-10,16H,3-8,11H2,1-2H3. The number of hydrogen-bond donors (Lipinski definition) is 1. The van der Waals surface area contributed by atoms with E-state index in [1.807, 2.05) is 5.38 Å². The second kappa shape index (κ2) is 6.45. The minimum atomic E-state index is -0.357. The van der Waals surface area contributed by atoms with Crippen LogP contribution < -0.4 is 5.32 Å². The van der Waals surface area contributed by atoms with Crippen LogP contribution in [0.4, 0.5) is 11.6 Å². The molecule has 8 heteroatoms. The van der Waals surface area contributed by atoms with Crippen LogP contribution in [0, 0.1) is 10.1 Å². The topological polar surface area (TPSA) is 75.7 Å². The maximum Gasteiger partial charge on any atom is 0.372 e. The molecule has 0 unspecified atom stereocenters. The van der Waals surface area contributed by atoms with Crippen LogP contribution in [0.3, 0.4) is 0 Å². The molecule has 0 atom stereocenters. The van der Waals surface area contributed by atoms with Gasteiger partial charge < -0.3 is 20.3 Å². The summed E-state index contributed by atoms with van der Waals surface area (Å²) in [6.45, 7) is 0.686. The minimum Gasteiger partial charge on any atom is -0.361 e. The summed E-state index contributed by atoms with van der Waals surface area (Å²) in [6.07, 6.45) is 8.89. The molecule has 1 fully saturated rings. The third-order valence-corrected chi connectivity index (χ3v) is 5.73. The van der Waals surface area contributed by atoms with Crippen LogP contribution in [0.5, 0.6) is 0 Å². The summed E-state index contributed by atoms with van der Waals surface area (Å²) in [6, 6.07) is 0. The van der Waals surface area contributed by atoms with Gasteiger partial charge in [-0.15, -0.1) is 0 Å². The van der Waals surface area contributed by atoms with E-state index >= 15 is 0 Å². The number of nitrogens with one attached hydrogen (secondary N) is 1. The highest BCUT2D eigenvalue weighted by Gasteiger charge is 2.34. The Morgan fingerprint density at radius 1 is 1.39 bits per heavy atom. The summed E-state index contributed by atoms with van der Waals surface area (Å²) < 4.78 is 1.54. The van der Waals surface area contributed by atoms with Gasteiger partial charge in [0.05, 0.1) is 0 Å². The van der Waals surface area contributed by atoms with Gasteiger partial charge in [0.2, 0.25) is 5.82 Å². The van der Waals surface area contributed by atoms with E-state index in [0.29, 0.717) is 17.3 Å². The summed E-state index contributed by atoms with van der Waals surface area (Å²) in [4.78, 5) is 18.4. The van der Waals surface area contributed by atoms with Crippen molar-refractivity contribution in [1.29, 1.82) is 0 Å². The zero-order valence-electron chi connectivity index (χ0n) is 13.6. The summed E-state index contributed by atoms with van der Waals surface area (Å²) in [5.41, 5.74) is 0.0431. The number of hydrogen-bond acceptors (Lipinski definition) is 6. The van der Waals surface area contributed by atoms with Crippen molar-refractivity contribution in [2.24, 2.45) is 0 Å². The molecule has 0 bridgehead atoms. The molecule has 1 saturated carbocycles. The lowest BCUT2D eigenvalue weighted by atomic mass is 9.88. The molecule has 0 aliphatic heterocycles. The van der Waals surface area contributed by atoms with E-state index in [1.54, 1.807) is 10.6 Å². The highest BCUT2D eigenvalue weighted by atomic mass is 32.1. The maximum atomic E-state index is 11.4. The third kappa shape index (κ3) is 3.05. The van der Waals surface area contributed by atoms with Gasteiger partial charge in [0.25, 0.3) is 4.96 Å². The Kier molecular flexibility index (Phi) is 4.54. The maximum absolute atomic E-state index is 11.4. The van der Waals surface area contributed by atoms with Crippen LogP contribution in [0.15, 0.2) is 11.6 Å². The molecule has 0 spiro atoms. The van der Waals surface area contributed by atoms with Crippen LogP contribution in [0.25, 0.3) is 4.96 Å². The smallest absolute Gasteiger partial charge is 0.361 e. The fraction of sp³-hybridized carbons (Fsp3) is 0.667. The second-order valence-electron chi connectivity index (χ2n) is 6.48. The normalized spacial score (nSPS) is 18.2. The van der Waals surface area contributed by atoms with E-state index in [2.05, 4.69) is 29.3 Å². The van der Waals surface area contributed by atoms with Crippen molar-refractivity contribution >= 4 is 27.9 Å². The molecule has 126 valence electrons. The molecule has 23 heavy (non-hydrogen) atoms. The number of imidazole rings is 1. The molecule has 7 nitrogen and oxygen atoms in total. The highest BCUT2D eigenvalue weighted by Crippen LogP contribution is 2.33. The predicted molar refractivity (Wildman–Crippen MR) is 92.3 cm³/mol. The van der Waals surface area contributed by atoms with E-state index in [4.69, 9.17) is 0 Å². The molecule has 2 heterocycles. The molecule has 0 amide bonds. The molecular formula is C15H23N5O2S. The summed E-state index contributed by atoms with van der Waals surface area (Å²) >= 11 is 1.41. The molecule has 2 aromatic heterocycles. The van der Waals surface area contributed by atoms with Gasteiger partial charge in [0.1, 0.15) is 6.20 Å². The lowest BCUT2D eigenvalue weighted by molar-refractivity contribution is -0.389. The van der Waals surface area contributed by atoms with Gasteiger partial charge in [0, 0.05) is 17.5 Å². The van der Waals surface area contributed by atoms with Gasteiger partial charge in [-0.1, -0.05) is 37.0 Å². The van der Waals surface area contributed by atoms with E-state index in [0.717, 1.165) is 12.8 Å². The first-order chi connectivity index (χ1) is 11.0. The molecular weight excluding hydrogens is 314 g/mol. The summed E-state index contributed by atoms with van der Waals surface area (Å²) in [5.74, 6) is 0.413.